The largest absolute Gasteiger partial charge is 0.484 e. The highest BCUT2D eigenvalue weighted by atomic mass is 19.1. The molecule has 0 radical (unpaired) electrons. The summed E-state index contributed by atoms with van der Waals surface area (Å²) < 4.78 is 26.7. The Balaban J connectivity index is 1.84. The van der Waals surface area contributed by atoms with Crippen molar-refractivity contribution < 1.29 is 18.7 Å². The lowest BCUT2D eigenvalue weighted by Gasteiger charge is -2.36. The van der Waals surface area contributed by atoms with Crippen molar-refractivity contribution in [1.82, 2.24) is 19.7 Å². The third-order valence-electron chi connectivity index (χ3n) is 4.28. The predicted molar refractivity (Wildman–Crippen MR) is 88.8 cm³/mol. The Hall–Kier alpha value is -2.48. The van der Waals surface area contributed by atoms with E-state index < -0.39 is 5.82 Å². The molecule has 0 aliphatic carbocycles. The van der Waals surface area contributed by atoms with Crippen molar-refractivity contribution in [2.75, 3.05) is 26.8 Å². The molecule has 134 valence electrons. The van der Waals surface area contributed by atoms with Crippen LogP contribution in [0.3, 0.4) is 0 Å². The summed E-state index contributed by atoms with van der Waals surface area (Å²) in [6.45, 7) is 5.97. The van der Waals surface area contributed by atoms with E-state index in [2.05, 4.69) is 10.1 Å². The van der Waals surface area contributed by atoms with Crippen LogP contribution in [0.2, 0.25) is 0 Å². The third kappa shape index (κ3) is 3.48. The van der Waals surface area contributed by atoms with Crippen LogP contribution in [0.5, 0.6) is 5.75 Å². The summed E-state index contributed by atoms with van der Waals surface area (Å²) in [6, 6.07) is 1.59. The number of methoxy groups -OCH3 is 1. The van der Waals surface area contributed by atoms with Gasteiger partial charge in [-0.05, 0) is 13.8 Å². The Morgan fingerprint density at radius 1 is 1.40 bits per heavy atom. The lowest BCUT2D eigenvalue weighted by molar-refractivity contribution is -0.126. The van der Waals surface area contributed by atoms with Crippen molar-refractivity contribution in [1.29, 1.82) is 0 Å². The molecule has 3 heterocycles. The lowest BCUT2D eigenvalue weighted by Crippen LogP contribution is -2.52. The van der Waals surface area contributed by atoms with E-state index in [-0.39, 0.29) is 11.9 Å². The topological polar surface area (TPSA) is 69.5 Å². The van der Waals surface area contributed by atoms with Crippen molar-refractivity contribution >= 4 is 6.41 Å². The summed E-state index contributed by atoms with van der Waals surface area (Å²) in [4.78, 5) is 16.4. The highest BCUT2D eigenvalue weighted by molar-refractivity contribution is 5.66. The molecule has 1 amide bonds. The molecule has 0 spiro atoms. The number of ether oxygens (including phenoxy) is 2. The number of carbonyl (C=O) groups excluding carboxylic acids is 1. The molecule has 3 rings (SSSR count). The number of amides is 1. The summed E-state index contributed by atoms with van der Waals surface area (Å²) in [7, 11) is 1.64. The van der Waals surface area contributed by atoms with Crippen LogP contribution in [0, 0.1) is 19.7 Å². The summed E-state index contributed by atoms with van der Waals surface area (Å²) in [5.74, 6) is -0.376. The zero-order chi connectivity index (χ0) is 18.0. The molecule has 0 atom stereocenters. The zero-order valence-electron chi connectivity index (χ0n) is 14.5. The SMILES string of the molecule is COCCn1nc(C)c(-c2cc(OC3CN(C=O)C3)c(F)cn2)c1C. The molecule has 25 heavy (non-hydrogen) atoms. The monoisotopic (exact) mass is 348 g/mol. The Labute approximate surface area is 145 Å². The van der Waals surface area contributed by atoms with E-state index >= 15 is 0 Å². The molecule has 1 aliphatic heterocycles. The van der Waals surface area contributed by atoms with E-state index in [1.54, 1.807) is 18.1 Å². The van der Waals surface area contributed by atoms with E-state index in [0.29, 0.717) is 31.9 Å². The maximum Gasteiger partial charge on any atom is 0.209 e. The minimum Gasteiger partial charge on any atom is -0.484 e. The van der Waals surface area contributed by atoms with Crippen LogP contribution in [0.4, 0.5) is 4.39 Å². The van der Waals surface area contributed by atoms with E-state index in [4.69, 9.17) is 9.47 Å². The van der Waals surface area contributed by atoms with Gasteiger partial charge in [-0.25, -0.2) is 4.39 Å². The Morgan fingerprint density at radius 2 is 2.16 bits per heavy atom. The minimum atomic E-state index is -0.518. The Bertz CT molecular complexity index is 771. The standard InChI is InChI=1S/C17H21FN4O3/c1-11-17(12(2)22(20-11)4-5-24-3)15-6-16(14(18)7-19-15)25-13-8-21(9-13)10-23/h6-7,10,13H,4-5,8-9H2,1-3H3. The molecule has 0 N–H and O–H groups in total. The molecule has 0 aromatic carbocycles. The number of aromatic nitrogens is 3. The first-order valence-corrected chi connectivity index (χ1v) is 8.08. The first-order valence-electron chi connectivity index (χ1n) is 8.08. The maximum absolute atomic E-state index is 14.1. The van der Waals surface area contributed by atoms with Gasteiger partial charge in [0.05, 0.1) is 43.8 Å². The zero-order valence-corrected chi connectivity index (χ0v) is 14.5. The van der Waals surface area contributed by atoms with Crippen LogP contribution >= 0.6 is 0 Å². The van der Waals surface area contributed by atoms with Crippen molar-refractivity contribution in [2.45, 2.75) is 26.5 Å². The normalized spacial score (nSPS) is 14.5. The molecule has 0 unspecified atom stereocenters. The number of carbonyl (C=O) groups is 1. The van der Waals surface area contributed by atoms with Gasteiger partial charge in [0, 0.05) is 24.4 Å². The van der Waals surface area contributed by atoms with Gasteiger partial charge >= 0.3 is 0 Å². The van der Waals surface area contributed by atoms with Crippen LogP contribution in [-0.4, -0.2) is 59.0 Å². The van der Waals surface area contributed by atoms with E-state index in [9.17, 15) is 9.18 Å². The van der Waals surface area contributed by atoms with E-state index in [0.717, 1.165) is 29.6 Å². The van der Waals surface area contributed by atoms with Gasteiger partial charge in [-0.15, -0.1) is 0 Å². The van der Waals surface area contributed by atoms with Crippen LogP contribution in [0.1, 0.15) is 11.4 Å². The first-order chi connectivity index (χ1) is 12.0. The number of halogens is 1. The van der Waals surface area contributed by atoms with Crippen LogP contribution in [0.25, 0.3) is 11.3 Å². The van der Waals surface area contributed by atoms with Gasteiger partial charge in [0.1, 0.15) is 6.10 Å². The third-order valence-corrected chi connectivity index (χ3v) is 4.28. The molecular weight excluding hydrogens is 327 g/mol. The number of nitrogens with zero attached hydrogens (tertiary/aromatic N) is 4. The molecule has 1 fully saturated rings. The van der Waals surface area contributed by atoms with E-state index in [1.165, 1.54) is 0 Å². The van der Waals surface area contributed by atoms with Gasteiger partial charge in [0.15, 0.2) is 11.6 Å². The smallest absolute Gasteiger partial charge is 0.209 e. The van der Waals surface area contributed by atoms with Gasteiger partial charge in [-0.2, -0.15) is 5.10 Å². The van der Waals surface area contributed by atoms with Gasteiger partial charge in [0.25, 0.3) is 0 Å². The molecule has 8 heteroatoms. The summed E-state index contributed by atoms with van der Waals surface area (Å²) in [6.07, 6.45) is 1.73. The fourth-order valence-electron chi connectivity index (χ4n) is 2.92. The van der Waals surface area contributed by atoms with Crippen LogP contribution < -0.4 is 4.74 Å². The maximum atomic E-state index is 14.1. The fourth-order valence-corrected chi connectivity index (χ4v) is 2.92. The summed E-state index contributed by atoms with van der Waals surface area (Å²) in [5, 5.41) is 4.50. The van der Waals surface area contributed by atoms with Crippen molar-refractivity contribution in [2.24, 2.45) is 0 Å². The molecule has 7 nitrogen and oxygen atoms in total. The van der Waals surface area contributed by atoms with Crippen LogP contribution in [0.15, 0.2) is 12.3 Å². The Kier molecular flexibility index (Phi) is 4.98. The lowest BCUT2D eigenvalue weighted by atomic mass is 10.1. The van der Waals surface area contributed by atoms with E-state index in [1.807, 2.05) is 18.5 Å². The quantitative estimate of drug-likeness (QED) is 0.711. The van der Waals surface area contributed by atoms with Crippen molar-refractivity contribution in [3.8, 4) is 17.0 Å². The minimum absolute atomic E-state index is 0.143. The van der Waals surface area contributed by atoms with Crippen LogP contribution in [-0.2, 0) is 16.1 Å². The highest BCUT2D eigenvalue weighted by Gasteiger charge is 2.28. The number of pyridine rings is 1. The number of rotatable bonds is 7. The number of likely N-dealkylation sites (tertiary alicyclic amines) is 1. The molecule has 0 bridgehead atoms. The average Bonchev–Trinajstić information content (AvgIpc) is 2.84. The molecule has 0 saturated carbocycles. The highest BCUT2D eigenvalue weighted by Crippen LogP contribution is 2.30. The first kappa shape index (κ1) is 17.3. The molecular formula is C17H21FN4O3. The number of hydrogen-bond acceptors (Lipinski definition) is 5. The predicted octanol–water partition coefficient (Wildman–Crippen LogP) is 1.57. The summed E-state index contributed by atoms with van der Waals surface area (Å²) in [5.41, 5.74) is 3.23. The number of aryl methyl sites for hydroxylation is 1. The van der Waals surface area contributed by atoms with Gasteiger partial charge in [0.2, 0.25) is 6.41 Å². The van der Waals surface area contributed by atoms with Gasteiger partial charge in [-0.1, -0.05) is 0 Å². The fraction of sp³-hybridized carbons (Fsp3) is 0.471. The number of hydrogen-bond donors (Lipinski definition) is 0. The van der Waals surface area contributed by atoms with Crippen molar-refractivity contribution in [3.63, 3.8) is 0 Å². The van der Waals surface area contributed by atoms with Crippen molar-refractivity contribution in [3.05, 3.63) is 29.5 Å². The Morgan fingerprint density at radius 3 is 2.84 bits per heavy atom. The molecule has 2 aromatic rings. The van der Waals surface area contributed by atoms with Gasteiger partial charge < -0.3 is 14.4 Å². The van der Waals surface area contributed by atoms with Gasteiger partial charge in [-0.3, -0.25) is 14.5 Å². The molecule has 2 aromatic heterocycles. The summed E-state index contributed by atoms with van der Waals surface area (Å²) >= 11 is 0. The second kappa shape index (κ2) is 7.18. The second-order valence-electron chi connectivity index (χ2n) is 6.06. The molecule has 1 aliphatic rings. The molecule has 1 saturated heterocycles. The second-order valence-corrected chi connectivity index (χ2v) is 6.06. The average molecular weight is 348 g/mol.